The Balaban J connectivity index is 1.48. The molecule has 122 valence electrons. The molecule has 1 fully saturated rings. The molecule has 1 amide bonds. The zero-order chi connectivity index (χ0) is 16.1. The van der Waals surface area contributed by atoms with Gasteiger partial charge in [0.2, 0.25) is 5.91 Å². The molecule has 1 aliphatic heterocycles. The van der Waals surface area contributed by atoms with Gasteiger partial charge in [0.25, 0.3) is 0 Å². The van der Waals surface area contributed by atoms with E-state index < -0.39 is 0 Å². The molecule has 3 rings (SSSR count). The first-order valence-electron chi connectivity index (χ1n) is 8.42. The number of ether oxygens (including phenoxy) is 1. The summed E-state index contributed by atoms with van der Waals surface area (Å²) in [5.74, 6) is 0.468. The van der Waals surface area contributed by atoms with E-state index in [1.54, 1.807) is 4.90 Å². The SMILES string of the molecule is O=C(Cc1ccc(N2CCCC2=O)cc1)OCC1CC=CCC1. The van der Waals surface area contributed by atoms with Crippen LogP contribution in [0, 0.1) is 5.92 Å². The molecule has 0 spiro atoms. The van der Waals surface area contributed by atoms with E-state index in [0.29, 0.717) is 18.9 Å². The lowest BCUT2D eigenvalue weighted by molar-refractivity contribution is -0.144. The van der Waals surface area contributed by atoms with Gasteiger partial charge in [0.1, 0.15) is 0 Å². The van der Waals surface area contributed by atoms with Crippen LogP contribution in [0.2, 0.25) is 0 Å². The number of hydrogen-bond acceptors (Lipinski definition) is 3. The Hall–Kier alpha value is -2.10. The molecular weight excluding hydrogens is 290 g/mol. The molecule has 1 aromatic rings. The normalized spacial score (nSPS) is 20.8. The van der Waals surface area contributed by atoms with Crippen molar-refractivity contribution in [3.8, 4) is 0 Å². The van der Waals surface area contributed by atoms with Gasteiger partial charge >= 0.3 is 5.97 Å². The first kappa shape index (κ1) is 15.8. The third-order valence-electron chi connectivity index (χ3n) is 4.53. The minimum Gasteiger partial charge on any atom is -0.465 e. The quantitative estimate of drug-likeness (QED) is 0.619. The molecule has 0 radical (unpaired) electrons. The maximum atomic E-state index is 11.9. The number of carbonyl (C=O) groups is 2. The van der Waals surface area contributed by atoms with E-state index in [1.807, 2.05) is 24.3 Å². The van der Waals surface area contributed by atoms with Gasteiger partial charge in [-0.3, -0.25) is 9.59 Å². The van der Waals surface area contributed by atoms with Crippen molar-refractivity contribution >= 4 is 17.6 Å². The average molecular weight is 313 g/mol. The van der Waals surface area contributed by atoms with Gasteiger partial charge in [0, 0.05) is 18.7 Å². The van der Waals surface area contributed by atoms with Crippen LogP contribution >= 0.6 is 0 Å². The Morgan fingerprint density at radius 2 is 2.04 bits per heavy atom. The van der Waals surface area contributed by atoms with Crippen LogP contribution in [0.5, 0.6) is 0 Å². The predicted octanol–water partition coefficient (Wildman–Crippen LogP) is 3.26. The van der Waals surface area contributed by atoms with Gasteiger partial charge in [-0.25, -0.2) is 0 Å². The number of esters is 1. The standard InChI is InChI=1S/C19H23NO3/c21-18-7-4-12-20(18)17-10-8-15(9-11-17)13-19(22)23-14-16-5-2-1-3-6-16/h1-2,8-11,16H,3-7,12-14H2. The molecule has 2 aliphatic rings. The highest BCUT2D eigenvalue weighted by molar-refractivity contribution is 5.95. The molecule has 0 aromatic heterocycles. The van der Waals surface area contributed by atoms with Crippen molar-refractivity contribution < 1.29 is 14.3 Å². The molecule has 1 heterocycles. The van der Waals surface area contributed by atoms with Gasteiger partial charge in [-0.1, -0.05) is 24.3 Å². The molecule has 1 aromatic carbocycles. The minimum absolute atomic E-state index is 0.176. The third-order valence-corrected chi connectivity index (χ3v) is 4.53. The highest BCUT2D eigenvalue weighted by Crippen LogP contribution is 2.22. The summed E-state index contributed by atoms with van der Waals surface area (Å²) in [5, 5.41) is 0. The summed E-state index contributed by atoms with van der Waals surface area (Å²) in [6.07, 6.45) is 9.38. The molecule has 4 nitrogen and oxygen atoms in total. The molecule has 0 bridgehead atoms. The minimum atomic E-state index is -0.176. The molecule has 1 saturated heterocycles. The van der Waals surface area contributed by atoms with Crippen LogP contribution < -0.4 is 4.90 Å². The van der Waals surface area contributed by atoms with Crippen molar-refractivity contribution in [3.05, 3.63) is 42.0 Å². The number of nitrogens with zero attached hydrogens (tertiary/aromatic N) is 1. The fourth-order valence-corrected chi connectivity index (χ4v) is 3.15. The summed E-state index contributed by atoms with van der Waals surface area (Å²) in [6.45, 7) is 1.31. The van der Waals surface area contributed by atoms with Crippen LogP contribution in [0.4, 0.5) is 5.69 Å². The van der Waals surface area contributed by atoms with Crippen LogP contribution in [0.25, 0.3) is 0 Å². The van der Waals surface area contributed by atoms with Crippen LogP contribution in [0.15, 0.2) is 36.4 Å². The molecular formula is C19H23NO3. The molecule has 23 heavy (non-hydrogen) atoms. The monoisotopic (exact) mass is 313 g/mol. The van der Waals surface area contributed by atoms with Crippen molar-refractivity contribution in [2.75, 3.05) is 18.1 Å². The summed E-state index contributed by atoms with van der Waals surface area (Å²) in [4.78, 5) is 25.5. The Labute approximate surface area is 137 Å². The highest BCUT2D eigenvalue weighted by Gasteiger charge is 2.21. The van der Waals surface area contributed by atoms with Crippen LogP contribution in [0.3, 0.4) is 0 Å². The lowest BCUT2D eigenvalue weighted by atomic mass is 9.95. The maximum absolute atomic E-state index is 11.9. The lowest BCUT2D eigenvalue weighted by Gasteiger charge is -2.17. The number of allylic oxidation sites excluding steroid dienone is 2. The highest BCUT2D eigenvalue weighted by atomic mass is 16.5. The van der Waals surface area contributed by atoms with Crippen LogP contribution in [-0.2, 0) is 20.7 Å². The van der Waals surface area contributed by atoms with Crippen LogP contribution in [-0.4, -0.2) is 25.0 Å². The van der Waals surface area contributed by atoms with Crippen molar-refractivity contribution in [2.45, 2.75) is 38.5 Å². The number of anilines is 1. The molecule has 1 unspecified atom stereocenters. The number of rotatable bonds is 5. The smallest absolute Gasteiger partial charge is 0.310 e. The Morgan fingerprint density at radius 3 is 2.70 bits per heavy atom. The fraction of sp³-hybridized carbons (Fsp3) is 0.474. The Kier molecular flexibility index (Phi) is 5.11. The zero-order valence-electron chi connectivity index (χ0n) is 13.4. The molecule has 0 saturated carbocycles. The Bertz CT molecular complexity index is 591. The number of carbonyl (C=O) groups excluding carboxylic acids is 2. The third kappa shape index (κ3) is 4.21. The summed E-state index contributed by atoms with van der Waals surface area (Å²) in [7, 11) is 0. The second-order valence-electron chi connectivity index (χ2n) is 6.33. The fourth-order valence-electron chi connectivity index (χ4n) is 3.15. The number of amides is 1. The van der Waals surface area contributed by atoms with Gasteiger partial charge in [-0.2, -0.15) is 0 Å². The van der Waals surface area contributed by atoms with Crippen molar-refractivity contribution in [1.29, 1.82) is 0 Å². The lowest BCUT2D eigenvalue weighted by Crippen LogP contribution is -2.23. The maximum Gasteiger partial charge on any atom is 0.310 e. The van der Waals surface area contributed by atoms with Crippen LogP contribution in [0.1, 0.15) is 37.7 Å². The van der Waals surface area contributed by atoms with Gasteiger partial charge in [-0.05, 0) is 49.3 Å². The van der Waals surface area contributed by atoms with E-state index >= 15 is 0 Å². The van der Waals surface area contributed by atoms with E-state index in [1.165, 1.54) is 0 Å². The van der Waals surface area contributed by atoms with E-state index in [9.17, 15) is 9.59 Å². The van der Waals surface area contributed by atoms with Crippen molar-refractivity contribution in [2.24, 2.45) is 5.92 Å². The topological polar surface area (TPSA) is 46.6 Å². The summed E-state index contributed by atoms with van der Waals surface area (Å²) >= 11 is 0. The largest absolute Gasteiger partial charge is 0.465 e. The number of hydrogen-bond donors (Lipinski definition) is 0. The second-order valence-corrected chi connectivity index (χ2v) is 6.33. The summed E-state index contributed by atoms with van der Waals surface area (Å²) in [6, 6.07) is 7.65. The summed E-state index contributed by atoms with van der Waals surface area (Å²) < 4.78 is 5.40. The molecule has 1 atom stereocenters. The van der Waals surface area contributed by atoms with E-state index in [4.69, 9.17) is 4.74 Å². The summed E-state index contributed by atoms with van der Waals surface area (Å²) in [5.41, 5.74) is 1.84. The first-order chi connectivity index (χ1) is 11.2. The van der Waals surface area contributed by atoms with E-state index in [2.05, 4.69) is 12.2 Å². The molecule has 4 heteroatoms. The second kappa shape index (κ2) is 7.44. The Morgan fingerprint density at radius 1 is 1.22 bits per heavy atom. The van der Waals surface area contributed by atoms with E-state index in [0.717, 1.165) is 43.5 Å². The van der Waals surface area contributed by atoms with Gasteiger partial charge in [-0.15, -0.1) is 0 Å². The first-order valence-corrected chi connectivity index (χ1v) is 8.42. The van der Waals surface area contributed by atoms with E-state index in [-0.39, 0.29) is 18.3 Å². The van der Waals surface area contributed by atoms with Gasteiger partial charge in [0.15, 0.2) is 0 Å². The number of benzene rings is 1. The molecule has 0 N–H and O–H groups in total. The average Bonchev–Trinajstić information content (AvgIpc) is 3.01. The zero-order valence-corrected chi connectivity index (χ0v) is 13.4. The van der Waals surface area contributed by atoms with Crippen molar-refractivity contribution in [3.63, 3.8) is 0 Å². The van der Waals surface area contributed by atoms with Gasteiger partial charge < -0.3 is 9.64 Å². The molecule has 1 aliphatic carbocycles. The van der Waals surface area contributed by atoms with Gasteiger partial charge in [0.05, 0.1) is 13.0 Å². The predicted molar refractivity (Wildman–Crippen MR) is 89.2 cm³/mol. The van der Waals surface area contributed by atoms with Crippen molar-refractivity contribution in [1.82, 2.24) is 0 Å².